The lowest BCUT2D eigenvalue weighted by atomic mass is 10.1. The Morgan fingerprint density at radius 1 is 1.10 bits per heavy atom. The molecule has 1 amide bonds. The second-order valence-corrected chi connectivity index (χ2v) is 8.59. The lowest BCUT2D eigenvalue weighted by Gasteiger charge is -2.10. The first-order chi connectivity index (χ1) is 14.5. The number of aromatic nitrogens is 2. The Kier molecular flexibility index (Phi) is 5.62. The molecule has 8 nitrogen and oxygen atoms in total. The quantitative estimate of drug-likeness (QED) is 0.635. The standard InChI is InChI=1S/C21H21N5O3S/c27-21(14-16-7-9-18(10-8-16)26-13-3-12-23-26)24-17-4-1-5-19(15-17)30(28,29)25-20-6-2-11-22-20/h1,3-5,7-10,12-13,15H,2,6,11,14H2,(H,22,25)(H,24,27). The summed E-state index contributed by atoms with van der Waals surface area (Å²) < 4.78 is 29.3. The monoisotopic (exact) mass is 423 g/mol. The Hall–Kier alpha value is -3.46. The van der Waals surface area contributed by atoms with Crippen LogP contribution in [0, 0.1) is 0 Å². The number of nitrogens with one attached hydrogen (secondary N) is 2. The second-order valence-electron chi connectivity index (χ2n) is 6.91. The summed E-state index contributed by atoms with van der Waals surface area (Å²) in [7, 11) is -3.73. The van der Waals surface area contributed by atoms with Crippen molar-refractivity contribution in [3.8, 4) is 5.69 Å². The maximum Gasteiger partial charge on any atom is 0.262 e. The third-order valence-electron chi connectivity index (χ3n) is 4.62. The van der Waals surface area contributed by atoms with Crippen molar-refractivity contribution in [2.75, 3.05) is 11.9 Å². The summed E-state index contributed by atoms with van der Waals surface area (Å²) in [6.45, 7) is 0.636. The van der Waals surface area contributed by atoms with E-state index in [1.54, 1.807) is 23.0 Å². The molecule has 0 radical (unpaired) electrons. The van der Waals surface area contributed by atoms with Crippen molar-refractivity contribution < 1.29 is 13.2 Å². The molecule has 9 heteroatoms. The molecule has 2 heterocycles. The molecule has 30 heavy (non-hydrogen) atoms. The highest BCUT2D eigenvalue weighted by atomic mass is 32.2. The summed E-state index contributed by atoms with van der Waals surface area (Å²) in [5.41, 5.74) is 2.17. The van der Waals surface area contributed by atoms with Crippen LogP contribution in [0.5, 0.6) is 0 Å². The Labute approximate surface area is 174 Å². The van der Waals surface area contributed by atoms with Crippen LogP contribution in [-0.4, -0.2) is 36.5 Å². The van der Waals surface area contributed by atoms with E-state index in [-0.39, 0.29) is 17.2 Å². The molecule has 1 aliphatic rings. The molecule has 4 rings (SSSR count). The molecule has 1 aromatic heterocycles. The van der Waals surface area contributed by atoms with Crippen molar-refractivity contribution in [3.63, 3.8) is 0 Å². The number of rotatable bonds is 6. The molecule has 0 bridgehead atoms. The number of carbonyl (C=O) groups excluding carboxylic acids is 1. The van der Waals surface area contributed by atoms with Gasteiger partial charge in [0.1, 0.15) is 5.84 Å². The van der Waals surface area contributed by atoms with Crippen LogP contribution in [0.3, 0.4) is 0 Å². The first kappa shape index (κ1) is 19.8. The minimum atomic E-state index is -3.73. The molecule has 154 valence electrons. The lowest BCUT2D eigenvalue weighted by molar-refractivity contribution is -0.115. The van der Waals surface area contributed by atoms with Gasteiger partial charge < -0.3 is 5.32 Å². The molecule has 0 fully saturated rings. The number of hydrogen-bond donors (Lipinski definition) is 2. The van der Waals surface area contributed by atoms with Gasteiger partial charge in [-0.05, 0) is 48.4 Å². The van der Waals surface area contributed by atoms with Gasteiger partial charge in [0, 0.05) is 31.0 Å². The van der Waals surface area contributed by atoms with Crippen molar-refractivity contribution in [2.45, 2.75) is 24.2 Å². The summed E-state index contributed by atoms with van der Waals surface area (Å²) >= 11 is 0. The SMILES string of the molecule is O=C(Cc1ccc(-n2cccn2)cc1)Nc1cccc(S(=O)(=O)NC2=NCCC2)c1. The van der Waals surface area contributed by atoms with E-state index in [0.29, 0.717) is 24.5 Å². The normalized spacial score (nSPS) is 13.7. The number of hydrogen-bond acceptors (Lipinski definition) is 5. The minimum absolute atomic E-state index is 0.0819. The van der Waals surface area contributed by atoms with E-state index >= 15 is 0 Å². The Morgan fingerprint density at radius 2 is 1.93 bits per heavy atom. The number of amidine groups is 1. The number of aliphatic imine (C=N–C) groups is 1. The van der Waals surface area contributed by atoms with Gasteiger partial charge >= 0.3 is 0 Å². The van der Waals surface area contributed by atoms with E-state index in [4.69, 9.17) is 0 Å². The molecule has 0 unspecified atom stereocenters. The summed E-state index contributed by atoms with van der Waals surface area (Å²) in [5, 5.41) is 6.93. The van der Waals surface area contributed by atoms with Crippen molar-refractivity contribution >= 4 is 27.5 Å². The predicted octanol–water partition coefficient (Wildman–Crippen LogP) is 2.52. The molecule has 0 saturated heterocycles. The highest BCUT2D eigenvalue weighted by Crippen LogP contribution is 2.17. The zero-order chi connectivity index (χ0) is 21.0. The first-order valence-corrected chi connectivity index (χ1v) is 11.0. The fraction of sp³-hybridized carbons (Fsp3) is 0.190. The third kappa shape index (κ3) is 4.74. The van der Waals surface area contributed by atoms with Gasteiger partial charge in [0.25, 0.3) is 10.0 Å². The van der Waals surface area contributed by atoms with Crippen LogP contribution in [-0.2, 0) is 21.2 Å². The number of nitrogens with zero attached hydrogens (tertiary/aromatic N) is 3. The summed E-state index contributed by atoms with van der Waals surface area (Å²) in [6, 6.07) is 15.5. The van der Waals surface area contributed by atoms with E-state index in [1.165, 1.54) is 12.1 Å². The third-order valence-corrected chi connectivity index (χ3v) is 6.00. The Morgan fingerprint density at radius 3 is 2.63 bits per heavy atom. The zero-order valence-electron chi connectivity index (χ0n) is 16.2. The van der Waals surface area contributed by atoms with E-state index in [9.17, 15) is 13.2 Å². The topological polar surface area (TPSA) is 105 Å². The molecule has 1 aliphatic heterocycles. The average molecular weight is 423 g/mol. The van der Waals surface area contributed by atoms with Gasteiger partial charge in [-0.2, -0.15) is 5.10 Å². The smallest absolute Gasteiger partial charge is 0.262 e. The summed E-state index contributed by atoms with van der Waals surface area (Å²) in [5.74, 6) is 0.243. The van der Waals surface area contributed by atoms with Crippen LogP contribution in [0.1, 0.15) is 18.4 Å². The molecule has 2 N–H and O–H groups in total. The summed E-state index contributed by atoms with van der Waals surface area (Å²) in [6.07, 6.45) is 5.18. The Balaban J connectivity index is 1.40. The van der Waals surface area contributed by atoms with E-state index in [0.717, 1.165) is 17.7 Å². The van der Waals surface area contributed by atoms with Crippen LogP contribution < -0.4 is 10.0 Å². The largest absolute Gasteiger partial charge is 0.326 e. The number of sulfonamides is 1. The van der Waals surface area contributed by atoms with Crippen molar-refractivity contribution in [1.82, 2.24) is 14.5 Å². The first-order valence-electron chi connectivity index (χ1n) is 9.55. The maximum atomic E-state index is 12.5. The highest BCUT2D eigenvalue weighted by Gasteiger charge is 2.18. The van der Waals surface area contributed by atoms with Gasteiger partial charge in [0.05, 0.1) is 17.0 Å². The zero-order valence-corrected chi connectivity index (χ0v) is 17.0. The average Bonchev–Trinajstić information content (AvgIpc) is 3.43. The van der Waals surface area contributed by atoms with Gasteiger partial charge in [-0.15, -0.1) is 0 Å². The van der Waals surface area contributed by atoms with E-state index < -0.39 is 10.0 Å². The molecule has 0 aliphatic carbocycles. The fourth-order valence-corrected chi connectivity index (χ4v) is 4.29. The van der Waals surface area contributed by atoms with Gasteiger partial charge in [0.2, 0.25) is 5.91 Å². The fourth-order valence-electron chi connectivity index (χ4n) is 3.16. The van der Waals surface area contributed by atoms with Crippen LogP contribution >= 0.6 is 0 Å². The highest BCUT2D eigenvalue weighted by molar-refractivity contribution is 7.90. The number of amides is 1. The second kappa shape index (κ2) is 8.50. The maximum absolute atomic E-state index is 12.5. The Bertz CT molecular complexity index is 1170. The number of carbonyl (C=O) groups is 1. The van der Waals surface area contributed by atoms with E-state index in [1.807, 2.05) is 36.5 Å². The van der Waals surface area contributed by atoms with Gasteiger partial charge in [-0.25, -0.2) is 13.1 Å². The predicted molar refractivity (Wildman–Crippen MR) is 114 cm³/mol. The van der Waals surface area contributed by atoms with Crippen molar-refractivity contribution in [3.05, 3.63) is 72.6 Å². The minimum Gasteiger partial charge on any atom is -0.326 e. The van der Waals surface area contributed by atoms with Crippen molar-refractivity contribution in [1.29, 1.82) is 0 Å². The van der Waals surface area contributed by atoms with Crippen molar-refractivity contribution in [2.24, 2.45) is 4.99 Å². The molecular formula is C21H21N5O3S. The summed E-state index contributed by atoms with van der Waals surface area (Å²) in [4.78, 5) is 16.6. The van der Waals surface area contributed by atoms with Crippen LogP contribution in [0.25, 0.3) is 5.69 Å². The molecule has 0 saturated carbocycles. The van der Waals surface area contributed by atoms with E-state index in [2.05, 4.69) is 20.1 Å². The van der Waals surface area contributed by atoms with Gasteiger partial charge in [-0.3, -0.25) is 14.5 Å². The van der Waals surface area contributed by atoms with Crippen LogP contribution in [0.2, 0.25) is 0 Å². The number of anilines is 1. The number of benzene rings is 2. The van der Waals surface area contributed by atoms with Crippen LogP contribution in [0.4, 0.5) is 5.69 Å². The lowest BCUT2D eigenvalue weighted by Crippen LogP contribution is -2.29. The van der Waals surface area contributed by atoms with Crippen LogP contribution in [0.15, 0.2) is 76.9 Å². The molecule has 0 atom stereocenters. The molecule has 0 spiro atoms. The molecule has 3 aromatic rings. The van der Waals surface area contributed by atoms with Gasteiger partial charge in [0.15, 0.2) is 0 Å². The molecular weight excluding hydrogens is 402 g/mol. The van der Waals surface area contributed by atoms with Gasteiger partial charge in [-0.1, -0.05) is 18.2 Å². The molecule has 2 aromatic carbocycles.